The van der Waals surface area contributed by atoms with Gasteiger partial charge in [-0.05, 0) is 30.5 Å². The molecule has 140 valence electrons. The fraction of sp³-hybridized carbons (Fsp3) is 0.364. The van der Waals surface area contributed by atoms with Crippen LogP contribution < -0.4 is 11.0 Å². The summed E-state index contributed by atoms with van der Waals surface area (Å²) in [5, 5.41) is 3.11. The number of rotatable bonds is 6. The molecule has 0 unspecified atom stereocenters. The molecule has 0 spiro atoms. The van der Waals surface area contributed by atoms with Crippen molar-refractivity contribution in [1.29, 1.82) is 0 Å². The van der Waals surface area contributed by atoms with E-state index in [-0.39, 0.29) is 17.0 Å². The minimum absolute atomic E-state index is 0.00274. The Morgan fingerprint density at radius 1 is 1.04 bits per heavy atom. The fourth-order valence-electron chi connectivity index (χ4n) is 4.11. The van der Waals surface area contributed by atoms with E-state index in [2.05, 4.69) is 29.6 Å². The van der Waals surface area contributed by atoms with Crippen molar-refractivity contribution >= 4 is 16.9 Å². The molecule has 1 amide bonds. The minimum atomic E-state index is -0.0799. The van der Waals surface area contributed by atoms with E-state index in [4.69, 9.17) is 0 Å². The van der Waals surface area contributed by atoms with Crippen LogP contribution >= 0.6 is 0 Å². The van der Waals surface area contributed by atoms with Gasteiger partial charge in [-0.25, -0.2) is 4.79 Å². The molecule has 5 nitrogen and oxygen atoms in total. The number of carbonyl (C=O) groups excluding carboxylic acids is 1. The summed E-state index contributed by atoms with van der Waals surface area (Å²) in [7, 11) is 1.77. The lowest BCUT2D eigenvalue weighted by Gasteiger charge is -2.42. The van der Waals surface area contributed by atoms with Crippen molar-refractivity contribution in [2.24, 2.45) is 7.05 Å². The highest BCUT2D eigenvalue weighted by Crippen LogP contribution is 2.43. The molecular formula is C22H25N3O2. The van der Waals surface area contributed by atoms with Crippen LogP contribution in [-0.2, 0) is 23.8 Å². The van der Waals surface area contributed by atoms with Gasteiger partial charge in [-0.15, -0.1) is 0 Å². The summed E-state index contributed by atoms with van der Waals surface area (Å²) in [5.41, 5.74) is 3.07. The molecule has 5 heteroatoms. The van der Waals surface area contributed by atoms with Crippen molar-refractivity contribution < 1.29 is 4.79 Å². The summed E-state index contributed by atoms with van der Waals surface area (Å²) < 4.78 is 3.32. The third kappa shape index (κ3) is 3.18. The number of nitrogens with one attached hydrogen (secondary N) is 1. The van der Waals surface area contributed by atoms with E-state index in [0.717, 1.165) is 23.9 Å². The molecule has 1 fully saturated rings. The lowest BCUT2D eigenvalue weighted by atomic mass is 9.64. The molecule has 1 N–H and O–H groups in total. The number of fused-ring (bicyclic) bond motifs is 1. The molecule has 0 bridgehead atoms. The van der Waals surface area contributed by atoms with E-state index >= 15 is 0 Å². The Kier molecular flexibility index (Phi) is 4.60. The first kappa shape index (κ1) is 17.6. The van der Waals surface area contributed by atoms with Crippen LogP contribution in [0.4, 0.5) is 0 Å². The zero-order valence-corrected chi connectivity index (χ0v) is 15.6. The Balaban J connectivity index is 1.41. The van der Waals surface area contributed by atoms with Gasteiger partial charge in [0, 0.05) is 32.0 Å². The third-order valence-corrected chi connectivity index (χ3v) is 5.93. The number of hydrogen-bond donors (Lipinski definition) is 1. The number of aryl methyl sites for hydroxylation is 2. The summed E-state index contributed by atoms with van der Waals surface area (Å²) in [6.45, 7) is 1.06. The smallest absolute Gasteiger partial charge is 0.328 e. The standard InChI is InChI=1S/C22H25N3O2/c1-24-18-10-5-6-11-19(18)25(21(24)27)15-12-20(26)23-16-22(13-7-14-22)17-8-3-2-4-9-17/h2-6,8-11H,7,12-16H2,1H3,(H,23,26). The van der Waals surface area contributed by atoms with Gasteiger partial charge in [0.2, 0.25) is 5.91 Å². The molecule has 1 heterocycles. The van der Waals surface area contributed by atoms with Crippen LogP contribution in [0.15, 0.2) is 59.4 Å². The Hall–Kier alpha value is -2.82. The second-order valence-electron chi connectivity index (χ2n) is 7.51. The number of benzene rings is 2. The number of nitrogens with zero attached hydrogens (tertiary/aromatic N) is 2. The number of imidazole rings is 1. The van der Waals surface area contributed by atoms with Gasteiger partial charge in [-0.3, -0.25) is 13.9 Å². The number of para-hydroxylation sites is 2. The van der Waals surface area contributed by atoms with Gasteiger partial charge in [0.15, 0.2) is 0 Å². The van der Waals surface area contributed by atoms with E-state index in [1.807, 2.05) is 30.3 Å². The third-order valence-electron chi connectivity index (χ3n) is 5.93. The van der Waals surface area contributed by atoms with Gasteiger partial charge in [-0.2, -0.15) is 0 Å². The first-order valence-corrected chi connectivity index (χ1v) is 9.57. The summed E-state index contributed by atoms with van der Waals surface area (Å²) in [6.07, 6.45) is 3.73. The summed E-state index contributed by atoms with van der Waals surface area (Å²) in [5.74, 6) is -0.00274. The topological polar surface area (TPSA) is 56.0 Å². The molecule has 0 radical (unpaired) electrons. The molecule has 1 aromatic heterocycles. The highest BCUT2D eigenvalue weighted by atomic mass is 16.2. The van der Waals surface area contributed by atoms with Gasteiger partial charge in [0.05, 0.1) is 11.0 Å². The number of carbonyl (C=O) groups is 1. The van der Waals surface area contributed by atoms with Crippen LogP contribution in [0.3, 0.4) is 0 Å². The molecule has 27 heavy (non-hydrogen) atoms. The monoisotopic (exact) mass is 363 g/mol. The highest BCUT2D eigenvalue weighted by Gasteiger charge is 2.38. The first-order chi connectivity index (χ1) is 13.1. The van der Waals surface area contributed by atoms with E-state index in [0.29, 0.717) is 19.5 Å². The van der Waals surface area contributed by atoms with E-state index in [1.165, 1.54) is 12.0 Å². The van der Waals surface area contributed by atoms with Crippen molar-refractivity contribution in [3.63, 3.8) is 0 Å². The molecule has 1 saturated carbocycles. The first-order valence-electron chi connectivity index (χ1n) is 9.57. The molecule has 1 aliphatic carbocycles. The van der Waals surface area contributed by atoms with Gasteiger partial charge in [0.25, 0.3) is 0 Å². The molecular weight excluding hydrogens is 338 g/mol. The number of aromatic nitrogens is 2. The maximum Gasteiger partial charge on any atom is 0.328 e. The maximum absolute atomic E-state index is 12.5. The van der Waals surface area contributed by atoms with Gasteiger partial charge < -0.3 is 5.32 Å². The Bertz CT molecular complexity index is 1010. The normalized spacial score (nSPS) is 15.4. The van der Waals surface area contributed by atoms with E-state index in [9.17, 15) is 9.59 Å². The van der Waals surface area contributed by atoms with Gasteiger partial charge in [-0.1, -0.05) is 48.9 Å². The molecule has 2 aromatic carbocycles. The summed E-state index contributed by atoms with van der Waals surface area (Å²) in [4.78, 5) is 24.9. The summed E-state index contributed by atoms with van der Waals surface area (Å²) >= 11 is 0. The van der Waals surface area contributed by atoms with Crippen LogP contribution in [-0.4, -0.2) is 21.6 Å². The van der Waals surface area contributed by atoms with E-state index < -0.39 is 0 Å². The molecule has 0 saturated heterocycles. The van der Waals surface area contributed by atoms with E-state index in [1.54, 1.807) is 16.2 Å². The van der Waals surface area contributed by atoms with Crippen molar-refractivity contribution in [3.8, 4) is 0 Å². The Morgan fingerprint density at radius 3 is 2.37 bits per heavy atom. The largest absolute Gasteiger partial charge is 0.355 e. The lowest BCUT2D eigenvalue weighted by Crippen LogP contribution is -2.45. The zero-order valence-electron chi connectivity index (χ0n) is 15.6. The fourth-order valence-corrected chi connectivity index (χ4v) is 4.11. The Labute approximate surface area is 158 Å². The van der Waals surface area contributed by atoms with Crippen molar-refractivity contribution in [3.05, 3.63) is 70.6 Å². The predicted octanol–water partition coefficient (Wildman–Crippen LogP) is 2.97. The second-order valence-corrected chi connectivity index (χ2v) is 7.51. The predicted molar refractivity (Wildman–Crippen MR) is 107 cm³/mol. The minimum Gasteiger partial charge on any atom is -0.355 e. The molecule has 3 aromatic rings. The van der Waals surface area contributed by atoms with Crippen LogP contribution in [0, 0.1) is 0 Å². The average Bonchev–Trinajstić information content (AvgIpc) is 2.91. The quantitative estimate of drug-likeness (QED) is 0.732. The van der Waals surface area contributed by atoms with Crippen LogP contribution in [0.5, 0.6) is 0 Å². The molecule has 0 atom stereocenters. The van der Waals surface area contributed by atoms with Gasteiger partial charge >= 0.3 is 5.69 Å². The zero-order chi connectivity index (χ0) is 18.9. The number of amides is 1. The molecule has 1 aliphatic rings. The molecule has 0 aliphatic heterocycles. The average molecular weight is 363 g/mol. The number of hydrogen-bond acceptors (Lipinski definition) is 2. The van der Waals surface area contributed by atoms with Crippen molar-refractivity contribution in [2.75, 3.05) is 6.54 Å². The SMILES string of the molecule is Cn1c(=O)n(CCC(=O)NCC2(c3ccccc3)CCC2)c2ccccc21. The van der Waals surface area contributed by atoms with Crippen LogP contribution in [0.2, 0.25) is 0 Å². The van der Waals surface area contributed by atoms with Gasteiger partial charge in [0.1, 0.15) is 0 Å². The molecule has 4 rings (SSSR count). The summed E-state index contributed by atoms with van der Waals surface area (Å²) in [6, 6.07) is 18.1. The van der Waals surface area contributed by atoms with Crippen LogP contribution in [0.25, 0.3) is 11.0 Å². The van der Waals surface area contributed by atoms with Crippen LogP contribution in [0.1, 0.15) is 31.2 Å². The van der Waals surface area contributed by atoms with Crippen molar-refractivity contribution in [2.45, 2.75) is 37.6 Å². The second kappa shape index (κ2) is 7.06. The maximum atomic E-state index is 12.5. The highest BCUT2D eigenvalue weighted by molar-refractivity contribution is 5.78. The van der Waals surface area contributed by atoms with Crippen molar-refractivity contribution in [1.82, 2.24) is 14.5 Å². The lowest BCUT2D eigenvalue weighted by molar-refractivity contribution is -0.121. The Morgan fingerprint density at radius 2 is 1.70 bits per heavy atom.